The minimum atomic E-state index is -0.240. The topological polar surface area (TPSA) is 44.8 Å². The Morgan fingerprint density at radius 3 is 2.56 bits per heavy atom. The van der Waals surface area contributed by atoms with Gasteiger partial charge < -0.3 is 14.2 Å². The lowest BCUT2D eigenvalue weighted by Crippen LogP contribution is -2.34. The van der Waals surface area contributed by atoms with Crippen molar-refractivity contribution in [2.75, 3.05) is 20.8 Å². The molecule has 0 saturated carbocycles. The molecule has 136 valence electrons. The number of carbonyl (C=O) groups is 1. The molecule has 25 heavy (non-hydrogen) atoms. The number of rotatable bonds is 7. The van der Waals surface area contributed by atoms with Crippen molar-refractivity contribution in [2.45, 2.75) is 26.9 Å². The molecule has 1 aliphatic rings. The van der Waals surface area contributed by atoms with E-state index in [0.717, 1.165) is 11.1 Å². The Labute approximate surface area is 158 Å². The summed E-state index contributed by atoms with van der Waals surface area (Å²) < 4.78 is 17.1. The number of halogens is 1. The van der Waals surface area contributed by atoms with Gasteiger partial charge in [0.25, 0.3) is 0 Å². The maximum absolute atomic E-state index is 12.3. The van der Waals surface area contributed by atoms with E-state index in [9.17, 15) is 4.79 Å². The molecular formula is C20H25BrO4. The number of methoxy groups -OCH3 is 2. The molecule has 0 heterocycles. The monoisotopic (exact) mass is 408 g/mol. The largest absolute Gasteiger partial charge is 0.493 e. The molecule has 0 saturated heterocycles. The van der Waals surface area contributed by atoms with E-state index in [2.05, 4.69) is 36.4 Å². The Bertz CT molecular complexity index is 695. The first-order chi connectivity index (χ1) is 11.9. The normalized spacial score (nSPS) is 23.6. The Morgan fingerprint density at radius 1 is 1.28 bits per heavy atom. The van der Waals surface area contributed by atoms with Crippen LogP contribution in [0.3, 0.4) is 0 Å². The number of allylic oxidation sites excluding steroid dienone is 2. The number of hydrogen-bond donors (Lipinski definition) is 0. The predicted octanol–water partition coefficient (Wildman–Crippen LogP) is 4.67. The fourth-order valence-electron chi connectivity index (χ4n) is 3.03. The summed E-state index contributed by atoms with van der Waals surface area (Å²) in [6, 6.07) is 5.69. The average Bonchev–Trinajstić information content (AvgIpc) is 2.62. The van der Waals surface area contributed by atoms with Crippen molar-refractivity contribution in [2.24, 2.45) is 11.3 Å². The third-order valence-corrected chi connectivity index (χ3v) is 5.97. The van der Waals surface area contributed by atoms with Gasteiger partial charge in [0.1, 0.15) is 0 Å². The first kappa shape index (κ1) is 19.7. The van der Waals surface area contributed by atoms with E-state index in [-0.39, 0.29) is 17.1 Å². The highest BCUT2D eigenvalue weighted by atomic mass is 79.9. The lowest BCUT2D eigenvalue weighted by Gasteiger charge is -2.38. The minimum Gasteiger partial charge on any atom is -0.493 e. The first-order valence-corrected chi connectivity index (χ1v) is 8.99. The third-order valence-electron chi connectivity index (χ3n) is 5.02. The summed E-state index contributed by atoms with van der Waals surface area (Å²) in [7, 11) is 3.21. The summed E-state index contributed by atoms with van der Waals surface area (Å²) in [6.07, 6.45) is 2.35. The molecule has 0 spiro atoms. The van der Waals surface area contributed by atoms with E-state index in [0.29, 0.717) is 35.6 Å². The van der Waals surface area contributed by atoms with Gasteiger partial charge in [0.2, 0.25) is 0 Å². The van der Waals surface area contributed by atoms with E-state index in [1.165, 1.54) is 0 Å². The Morgan fingerprint density at radius 2 is 1.96 bits per heavy atom. The lowest BCUT2D eigenvalue weighted by atomic mass is 9.68. The summed E-state index contributed by atoms with van der Waals surface area (Å²) in [5.41, 5.74) is 1.73. The number of hydrogen-bond acceptors (Lipinski definition) is 4. The van der Waals surface area contributed by atoms with Crippen molar-refractivity contribution in [3.63, 3.8) is 0 Å². The van der Waals surface area contributed by atoms with Crippen LogP contribution in [0.15, 0.2) is 40.9 Å². The van der Waals surface area contributed by atoms with Crippen LogP contribution in [0.4, 0.5) is 0 Å². The van der Waals surface area contributed by atoms with Gasteiger partial charge in [0.15, 0.2) is 17.3 Å². The second-order valence-corrected chi connectivity index (χ2v) is 7.35. The van der Waals surface area contributed by atoms with Gasteiger partial charge in [0, 0.05) is 6.42 Å². The van der Waals surface area contributed by atoms with Gasteiger partial charge in [-0.1, -0.05) is 26.0 Å². The molecule has 0 amide bonds. The van der Waals surface area contributed by atoms with Crippen LogP contribution in [-0.4, -0.2) is 26.6 Å². The molecule has 0 N–H and O–H groups in total. The van der Waals surface area contributed by atoms with E-state index in [1.54, 1.807) is 14.2 Å². The zero-order valence-corrected chi connectivity index (χ0v) is 16.8. The van der Waals surface area contributed by atoms with Gasteiger partial charge >= 0.3 is 0 Å². The molecular weight excluding hydrogens is 384 g/mol. The summed E-state index contributed by atoms with van der Waals surface area (Å²) in [5, 5.41) is 0. The van der Waals surface area contributed by atoms with Crippen LogP contribution in [0, 0.1) is 11.3 Å². The number of benzene rings is 1. The van der Waals surface area contributed by atoms with Gasteiger partial charge in [-0.05, 0) is 50.5 Å². The molecule has 0 radical (unpaired) electrons. The smallest absolute Gasteiger partial charge is 0.170 e. The maximum Gasteiger partial charge on any atom is 0.170 e. The molecule has 0 unspecified atom stereocenters. The quantitative estimate of drug-likeness (QED) is 0.614. The molecule has 1 aromatic rings. The first-order valence-electron chi connectivity index (χ1n) is 8.20. The highest BCUT2D eigenvalue weighted by Gasteiger charge is 2.39. The van der Waals surface area contributed by atoms with Crippen molar-refractivity contribution in [3.8, 4) is 11.5 Å². The van der Waals surface area contributed by atoms with E-state index in [1.807, 2.05) is 24.3 Å². The van der Waals surface area contributed by atoms with Gasteiger partial charge in [-0.25, -0.2) is 0 Å². The zero-order chi connectivity index (χ0) is 18.6. The number of carbonyl (C=O) groups excluding carboxylic acids is 1. The van der Waals surface area contributed by atoms with Crippen LogP contribution in [0.25, 0.3) is 0 Å². The zero-order valence-electron chi connectivity index (χ0n) is 15.2. The van der Waals surface area contributed by atoms with Crippen LogP contribution in [0.2, 0.25) is 0 Å². The van der Waals surface area contributed by atoms with Crippen molar-refractivity contribution >= 4 is 21.7 Å². The molecule has 4 nitrogen and oxygen atoms in total. The fraction of sp³-hybridized carbons (Fsp3) is 0.450. The molecule has 1 aliphatic carbocycles. The average molecular weight is 409 g/mol. The Balaban J connectivity index is 2.09. The molecule has 1 aromatic carbocycles. The fourth-order valence-corrected chi connectivity index (χ4v) is 3.63. The molecule has 0 aliphatic heterocycles. The lowest BCUT2D eigenvalue weighted by molar-refractivity contribution is -0.117. The van der Waals surface area contributed by atoms with Crippen LogP contribution >= 0.6 is 15.9 Å². The molecule has 0 bridgehead atoms. The summed E-state index contributed by atoms with van der Waals surface area (Å²) in [6.45, 7) is 8.91. The predicted molar refractivity (Wildman–Crippen MR) is 102 cm³/mol. The van der Waals surface area contributed by atoms with Crippen LogP contribution in [-0.2, 0) is 16.1 Å². The van der Waals surface area contributed by atoms with Crippen molar-refractivity contribution in [1.82, 2.24) is 0 Å². The SMILES string of the molecule is C=C[C@@]1(C)CC(=O)C(Br)=C(COCc2ccc(OC)c(OC)c2)[C@@H]1C. The minimum absolute atomic E-state index is 0.102. The van der Waals surface area contributed by atoms with E-state index < -0.39 is 0 Å². The Hall–Kier alpha value is -1.59. The van der Waals surface area contributed by atoms with Crippen molar-refractivity contribution in [3.05, 3.63) is 46.5 Å². The second kappa shape index (κ2) is 8.19. The van der Waals surface area contributed by atoms with Crippen molar-refractivity contribution < 1.29 is 19.0 Å². The highest BCUT2D eigenvalue weighted by Crippen LogP contribution is 2.44. The number of ether oxygens (including phenoxy) is 3. The van der Waals surface area contributed by atoms with Gasteiger partial charge in [0.05, 0.1) is 31.9 Å². The molecule has 0 aromatic heterocycles. The molecule has 5 heteroatoms. The molecule has 2 atom stereocenters. The van der Waals surface area contributed by atoms with Gasteiger partial charge in [-0.3, -0.25) is 4.79 Å². The van der Waals surface area contributed by atoms with E-state index >= 15 is 0 Å². The third kappa shape index (κ3) is 4.15. The van der Waals surface area contributed by atoms with Crippen LogP contribution < -0.4 is 9.47 Å². The standard InChI is InChI=1S/C20H25BrO4/c1-6-20(3)10-16(22)19(21)15(13(20)2)12-25-11-14-7-8-17(23-4)18(9-14)24-5/h6-9,13H,1,10-12H2,2-5H3/t13-,20-/m0/s1. The molecule has 0 fully saturated rings. The van der Waals surface area contributed by atoms with Crippen LogP contribution in [0.5, 0.6) is 11.5 Å². The summed E-state index contributed by atoms with van der Waals surface area (Å²) in [4.78, 5) is 12.3. The van der Waals surface area contributed by atoms with E-state index in [4.69, 9.17) is 14.2 Å². The van der Waals surface area contributed by atoms with Gasteiger partial charge in [-0.2, -0.15) is 0 Å². The van der Waals surface area contributed by atoms with Crippen molar-refractivity contribution in [1.29, 1.82) is 0 Å². The maximum atomic E-state index is 12.3. The second-order valence-electron chi connectivity index (χ2n) is 6.55. The number of Topliss-reactive ketones (excluding diaryl/α,β-unsaturated/α-hetero) is 1. The Kier molecular flexibility index (Phi) is 6.47. The summed E-state index contributed by atoms with van der Waals surface area (Å²) >= 11 is 3.45. The van der Waals surface area contributed by atoms with Crippen LogP contribution in [0.1, 0.15) is 25.8 Å². The number of ketones is 1. The highest BCUT2D eigenvalue weighted by molar-refractivity contribution is 9.12. The molecule has 2 rings (SSSR count). The summed E-state index contributed by atoms with van der Waals surface area (Å²) in [5.74, 6) is 1.64. The van der Waals surface area contributed by atoms with Gasteiger partial charge in [-0.15, -0.1) is 6.58 Å².